The van der Waals surface area contributed by atoms with Gasteiger partial charge in [0.15, 0.2) is 0 Å². The number of nitrogens with zero attached hydrogens (tertiary/aromatic N) is 1. The van der Waals surface area contributed by atoms with E-state index in [0.717, 1.165) is 0 Å². The van der Waals surface area contributed by atoms with E-state index < -0.39 is 17.1 Å². The van der Waals surface area contributed by atoms with E-state index in [1.807, 2.05) is 27.7 Å². The van der Waals surface area contributed by atoms with Crippen LogP contribution in [0, 0.1) is 11.8 Å². The monoisotopic (exact) mass is 270 g/mol. The van der Waals surface area contributed by atoms with Crippen LogP contribution in [0.4, 0.5) is 13.2 Å². The minimum Gasteiger partial charge on any atom is -0.393 e. The Morgan fingerprint density at radius 3 is 1.88 bits per heavy atom. The van der Waals surface area contributed by atoms with E-state index in [1.54, 1.807) is 4.90 Å². The summed E-state index contributed by atoms with van der Waals surface area (Å²) in [6.07, 6.45) is -4.37. The Hall–Kier alpha value is -0.360. The first-order chi connectivity index (χ1) is 7.55. The summed E-state index contributed by atoms with van der Waals surface area (Å²) in [6, 6.07) is 0.0385. The van der Waals surface area contributed by atoms with Crippen LogP contribution in [0.5, 0.6) is 0 Å². The molecule has 1 unspecified atom stereocenters. The highest BCUT2D eigenvalue weighted by Crippen LogP contribution is 2.28. The number of hydrogen-bond acceptors (Lipinski definition) is 2. The topological polar surface area (TPSA) is 29.3 Å². The summed E-state index contributed by atoms with van der Waals surface area (Å²) >= 11 is 4.51. The standard InChI is InChI=1S/C11H21F3N2S/c1-7(2)5-16(8(3)4)6-9(10(15)17)11(12,13)14/h7-9H,5-6H2,1-4H3,(H2,15,17). The van der Waals surface area contributed by atoms with Gasteiger partial charge in [-0.3, -0.25) is 4.90 Å². The molecule has 0 aromatic carbocycles. The Morgan fingerprint density at radius 2 is 1.65 bits per heavy atom. The highest BCUT2D eigenvalue weighted by atomic mass is 32.1. The third-order valence-electron chi connectivity index (χ3n) is 2.49. The third-order valence-corrected chi connectivity index (χ3v) is 2.77. The van der Waals surface area contributed by atoms with Crippen LogP contribution in [0.1, 0.15) is 27.7 Å². The van der Waals surface area contributed by atoms with Crippen molar-refractivity contribution in [3.05, 3.63) is 0 Å². The van der Waals surface area contributed by atoms with Gasteiger partial charge in [0.1, 0.15) is 5.92 Å². The summed E-state index contributed by atoms with van der Waals surface area (Å²) in [5, 5.41) is 0. The molecule has 0 aliphatic rings. The summed E-state index contributed by atoms with van der Waals surface area (Å²) in [5.41, 5.74) is 5.19. The molecule has 0 bridgehead atoms. The average molecular weight is 270 g/mol. The van der Waals surface area contributed by atoms with E-state index in [2.05, 4.69) is 12.2 Å². The molecule has 1 atom stereocenters. The molecule has 0 fully saturated rings. The second-order valence-corrected chi connectivity index (χ2v) is 5.41. The molecule has 0 aliphatic heterocycles. The van der Waals surface area contributed by atoms with E-state index >= 15 is 0 Å². The SMILES string of the molecule is CC(C)CN(CC(C(N)=S)C(F)(F)F)C(C)C. The van der Waals surface area contributed by atoms with Gasteiger partial charge in [0.25, 0.3) is 0 Å². The van der Waals surface area contributed by atoms with Crippen LogP contribution in [0.2, 0.25) is 0 Å². The van der Waals surface area contributed by atoms with Gasteiger partial charge >= 0.3 is 6.18 Å². The molecule has 0 aromatic heterocycles. The molecule has 2 nitrogen and oxygen atoms in total. The highest BCUT2D eigenvalue weighted by molar-refractivity contribution is 7.80. The summed E-state index contributed by atoms with van der Waals surface area (Å²) < 4.78 is 38.2. The number of hydrogen-bond donors (Lipinski definition) is 1. The minimum absolute atomic E-state index is 0.0385. The van der Waals surface area contributed by atoms with Crippen molar-refractivity contribution in [3.8, 4) is 0 Å². The first kappa shape index (κ1) is 16.6. The zero-order valence-corrected chi connectivity index (χ0v) is 11.5. The van der Waals surface area contributed by atoms with Crippen LogP contribution in [-0.4, -0.2) is 35.2 Å². The van der Waals surface area contributed by atoms with E-state index in [1.165, 1.54) is 0 Å². The summed E-state index contributed by atoms with van der Waals surface area (Å²) in [6.45, 7) is 8.13. The van der Waals surface area contributed by atoms with Gasteiger partial charge in [-0.05, 0) is 19.8 Å². The average Bonchev–Trinajstić information content (AvgIpc) is 2.07. The molecule has 0 saturated carbocycles. The van der Waals surface area contributed by atoms with Crippen molar-refractivity contribution < 1.29 is 13.2 Å². The predicted molar refractivity (Wildman–Crippen MR) is 67.9 cm³/mol. The lowest BCUT2D eigenvalue weighted by Gasteiger charge is -2.32. The molecule has 0 aliphatic carbocycles. The Kier molecular flexibility index (Phi) is 6.40. The molecule has 2 N–H and O–H groups in total. The Balaban J connectivity index is 4.75. The van der Waals surface area contributed by atoms with Crippen molar-refractivity contribution in [3.63, 3.8) is 0 Å². The van der Waals surface area contributed by atoms with Gasteiger partial charge < -0.3 is 5.73 Å². The maximum Gasteiger partial charge on any atom is 0.399 e. The number of thiocarbonyl (C=S) groups is 1. The van der Waals surface area contributed by atoms with Crippen molar-refractivity contribution in [2.24, 2.45) is 17.6 Å². The van der Waals surface area contributed by atoms with Gasteiger partial charge in [0, 0.05) is 19.1 Å². The molecule has 0 radical (unpaired) electrons. The van der Waals surface area contributed by atoms with E-state index in [4.69, 9.17) is 5.73 Å². The molecule has 0 saturated heterocycles. The minimum atomic E-state index is -4.37. The zero-order valence-electron chi connectivity index (χ0n) is 10.7. The second-order valence-electron chi connectivity index (χ2n) is 4.94. The molecule has 0 spiro atoms. The summed E-state index contributed by atoms with van der Waals surface area (Å²) in [5.74, 6) is -1.42. The fourth-order valence-corrected chi connectivity index (χ4v) is 1.76. The van der Waals surface area contributed by atoms with Gasteiger partial charge in [0.2, 0.25) is 0 Å². The quantitative estimate of drug-likeness (QED) is 0.753. The molecule has 6 heteroatoms. The van der Waals surface area contributed by atoms with Crippen LogP contribution in [0.3, 0.4) is 0 Å². The van der Waals surface area contributed by atoms with Gasteiger partial charge in [0.05, 0.1) is 4.99 Å². The molecular weight excluding hydrogens is 249 g/mol. The van der Waals surface area contributed by atoms with Crippen LogP contribution in [-0.2, 0) is 0 Å². The summed E-state index contributed by atoms with van der Waals surface area (Å²) in [7, 11) is 0. The first-order valence-corrected chi connectivity index (χ1v) is 6.06. The Bertz CT molecular complexity index is 252. The lowest BCUT2D eigenvalue weighted by atomic mass is 10.1. The first-order valence-electron chi connectivity index (χ1n) is 5.65. The number of halogens is 3. The zero-order chi connectivity index (χ0) is 13.8. The largest absolute Gasteiger partial charge is 0.399 e. The smallest absolute Gasteiger partial charge is 0.393 e. The molecule has 0 heterocycles. The molecule has 102 valence electrons. The van der Waals surface area contributed by atoms with Crippen molar-refractivity contribution in [2.45, 2.75) is 39.9 Å². The Morgan fingerprint density at radius 1 is 1.18 bits per heavy atom. The fraction of sp³-hybridized carbons (Fsp3) is 0.909. The number of alkyl halides is 3. The third kappa shape index (κ3) is 6.21. The number of nitrogens with two attached hydrogens (primary N) is 1. The van der Waals surface area contributed by atoms with E-state index in [0.29, 0.717) is 12.5 Å². The predicted octanol–water partition coefficient (Wildman–Crippen LogP) is 2.82. The van der Waals surface area contributed by atoms with Gasteiger partial charge in [-0.1, -0.05) is 26.1 Å². The molecule has 0 rings (SSSR count). The molecular formula is C11H21F3N2S. The maximum absolute atomic E-state index is 12.7. The van der Waals surface area contributed by atoms with Crippen molar-refractivity contribution in [1.29, 1.82) is 0 Å². The Labute approximate surface area is 106 Å². The van der Waals surface area contributed by atoms with E-state index in [-0.39, 0.29) is 12.6 Å². The highest BCUT2D eigenvalue weighted by Gasteiger charge is 2.42. The lowest BCUT2D eigenvalue weighted by Crippen LogP contribution is -2.46. The van der Waals surface area contributed by atoms with Crippen LogP contribution in [0.25, 0.3) is 0 Å². The maximum atomic E-state index is 12.7. The fourth-order valence-electron chi connectivity index (χ4n) is 1.55. The van der Waals surface area contributed by atoms with Crippen LogP contribution in [0.15, 0.2) is 0 Å². The van der Waals surface area contributed by atoms with Gasteiger partial charge in [-0.25, -0.2) is 0 Å². The van der Waals surface area contributed by atoms with Crippen molar-refractivity contribution >= 4 is 17.2 Å². The molecule has 0 aromatic rings. The van der Waals surface area contributed by atoms with Gasteiger partial charge in [-0.2, -0.15) is 13.2 Å². The van der Waals surface area contributed by atoms with E-state index in [9.17, 15) is 13.2 Å². The van der Waals surface area contributed by atoms with Crippen molar-refractivity contribution in [2.75, 3.05) is 13.1 Å². The molecule has 0 amide bonds. The normalized spacial score (nSPS) is 14.7. The summed E-state index contributed by atoms with van der Waals surface area (Å²) in [4.78, 5) is 1.29. The van der Waals surface area contributed by atoms with Crippen LogP contribution < -0.4 is 5.73 Å². The lowest BCUT2D eigenvalue weighted by molar-refractivity contribution is -0.160. The van der Waals surface area contributed by atoms with Crippen molar-refractivity contribution in [1.82, 2.24) is 4.90 Å². The number of rotatable bonds is 6. The second kappa shape index (κ2) is 6.54. The molecule has 17 heavy (non-hydrogen) atoms. The van der Waals surface area contributed by atoms with Gasteiger partial charge in [-0.15, -0.1) is 0 Å². The van der Waals surface area contributed by atoms with Crippen LogP contribution >= 0.6 is 12.2 Å².